The zero-order valence-corrected chi connectivity index (χ0v) is 17.7. The molecule has 2 aromatic rings. The summed E-state index contributed by atoms with van der Waals surface area (Å²) in [4.78, 5) is 47.3. The summed E-state index contributed by atoms with van der Waals surface area (Å²) in [5.41, 5.74) is 1.37. The number of thioether (sulfide) groups is 1. The molecule has 0 atom stereocenters. The lowest BCUT2D eigenvalue weighted by atomic mass is 10.2. The van der Waals surface area contributed by atoms with Crippen LogP contribution in [0, 0.1) is 6.92 Å². The van der Waals surface area contributed by atoms with Crippen molar-refractivity contribution < 1.29 is 23.5 Å². The van der Waals surface area contributed by atoms with E-state index in [9.17, 15) is 14.4 Å². The maximum absolute atomic E-state index is 12.8. The normalized spacial score (nSPS) is 14.4. The molecular weight excluding hydrogens is 408 g/mol. The quantitative estimate of drug-likeness (QED) is 0.691. The molecule has 1 N–H and O–H groups in total. The number of ether oxygens (including phenoxy) is 1. The Labute approximate surface area is 177 Å². The van der Waals surface area contributed by atoms with Crippen molar-refractivity contribution >= 4 is 34.6 Å². The van der Waals surface area contributed by atoms with E-state index in [1.165, 1.54) is 13.2 Å². The van der Waals surface area contributed by atoms with E-state index in [-0.39, 0.29) is 42.9 Å². The molecular formula is C20H22N4O5S. The van der Waals surface area contributed by atoms with Gasteiger partial charge in [0.1, 0.15) is 11.6 Å². The Balaban J connectivity index is 1.89. The average Bonchev–Trinajstić information content (AvgIpc) is 3.19. The van der Waals surface area contributed by atoms with E-state index < -0.39 is 5.97 Å². The first kappa shape index (κ1) is 21.6. The van der Waals surface area contributed by atoms with Crippen LogP contribution in [0.3, 0.4) is 0 Å². The van der Waals surface area contributed by atoms with Crippen LogP contribution in [-0.2, 0) is 20.9 Å². The van der Waals surface area contributed by atoms with Gasteiger partial charge in [0.25, 0.3) is 5.12 Å². The first-order valence-corrected chi connectivity index (χ1v) is 10.1. The SMILES string of the molecule is CC(=O)OCC/C(SC(=O)c1ccco1)=C(\C)N1Cc2cnc(C)nc2NCC1=O. The molecule has 1 amide bonds. The number of hydrogen-bond donors (Lipinski definition) is 1. The van der Waals surface area contributed by atoms with Gasteiger partial charge in [-0.1, -0.05) is 0 Å². The summed E-state index contributed by atoms with van der Waals surface area (Å²) in [6.07, 6.45) is 3.39. The van der Waals surface area contributed by atoms with Gasteiger partial charge in [-0.2, -0.15) is 0 Å². The molecule has 0 unspecified atom stereocenters. The number of carbonyl (C=O) groups is 3. The van der Waals surface area contributed by atoms with Crippen LogP contribution in [0.25, 0.3) is 0 Å². The third-order valence-corrected chi connectivity index (χ3v) is 5.54. The highest BCUT2D eigenvalue weighted by atomic mass is 32.2. The van der Waals surface area contributed by atoms with Crippen LogP contribution in [0.5, 0.6) is 0 Å². The standard InChI is InChI=1S/C20H22N4O5S/c1-12(24-11-15-9-21-13(2)23-19(15)22-10-18(24)26)17(6-8-28-14(3)25)30-20(27)16-5-4-7-29-16/h4-5,7,9H,6,8,10-11H2,1-3H3,(H,21,22,23)/b17-12-. The number of nitrogens with zero attached hydrogens (tertiary/aromatic N) is 3. The average molecular weight is 430 g/mol. The second-order valence-electron chi connectivity index (χ2n) is 6.59. The minimum Gasteiger partial charge on any atom is -0.466 e. The van der Waals surface area contributed by atoms with Crippen LogP contribution in [0.15, 0.2) is 39.6 Å². The van der Waals surface area contributed by atoms with Gasteiger partial charge < -0.3 is 19.4 Å². The first-order valence-electron chi connectivity index (χ1n) is 9.30. The van der Waals surface area contributed by atoms with Crippen LogP contribution < -0.4 is 5.32 Å². The van der Waals surface area contributed by atoms with Gasteiger partial charge >= 0.3 is 5.97 Å². The lowest BCUT2D eigenvalue weighted by Gasteiger charge is -2.24. The number of aromatic nitrogens is 2. The molecule has 0 spiro atoms. The lowest BCUT2D eigenvalue weighted by Crippen LogP contribution is -2.32. The highest BCUT2D eigenvalue weighted by molar-refractivity contribution is 8.17. The Hall–Kier alpha value is -3.14. The molecule has 30 heavy (non-hydrogen) atoms. The molecule has 9 nitrogen and oxygen atoms in total. The van der Waals surface area contributed by atoms with Gasteiger partial charge in [0, 0.05) is 35.7 Å². The number of amides is 1. The minimum atomic E-state index is -0.411. The van der Waals surface area contributed by atoms with Crippen molar-refractivity contribution in [3.05, 3.63) is 52.3 Å². The number of hydrogen-bond acceptors (Lipinski definition) is 9. The van der Waals surface area contributed by atoms with Crippen molar-refractivity contribution in [2.75, 3.05) is 18.5 Å². The predicted molar refractivity (Wildman–Crippen MR) is 110 cm³/mol. The van der Waals surface area contributed by atoms with Crippen molar-refractivity contribution in [2.45, 2.75) is 33.7 Å². The second-order valence-corrected chi connectivity index (χ2v) is 7.66. The molecule has 0 bridgehead atoms. The Morgan fingerprint density at radius 2 is 2.17 bits per heavy atom. The van der Waals surface area contributed by atoms with Crippen molar-refractivity contribution in [3.63, 3.8) is 0 Å². The van der Waals surface area contributed by atoms with E-state index in [0.29, 0.717) is 22.2 Å². The Morgan fingerprint density at radius 3 is 2.87 bits per heavy atom. The molecule has 3 rings (SSSR count). The molecule has 158 valence electrons. The summed E-state index contributed by atoms with van der Waals surface area (Å²) in [5.74, 6) is 0.851. The zero-order valence-electron chi connectivity index (χ0n) is 16.9. The van der Waals surface area contributed by atoms with Crippen molar-refractivity contribution in [1.82, 2.24) is 14.9 Å². The maximum atomic E-state index is 12.8. The molecule has 0 aliphatic carbocycles. The van der Waals surface area contributed by atoms with Crippen molar-refractivity contribution in [2.24, 2.45) is 0 Å². The molecule has 0 fully saturated rings. The molecule has 1 aliphatic rings. The highest BCUT2D eigenvalue weighted by Gasteiger charge is 2.26. The van der Waals surface area contributed by atoms with Gasteiger partial charge in [-0.25, -0.2) is 9.97 Å². The maximum Gasteiger partial charge on any atom is 0.302 e. The fourth-order valence-electron chi connectivity index (χ4n) is 2.88. The number of aryl methyl sites for hydroxylation is 1. The van der Waals surface area contributed by atoms with E-state index in [2.05, 4.69) is 15.3 Å². The van der Waals surface area contributed by atoms with E-state index in [0.717, 1.165) is 17.3 Å². The molecule has 3 heterocycles. The van der Waals surface area contributed by atoms with Gasteiger partial charge in [0.05, 0.1) is 26.0 Å². The van der Waals surface area contributed by atoms with Gasteiger partial charge in [-0.3, -0.25) is 14.4 Å². The van der Waals surface area contributed by atoms with Gasteiger partial charge in [-0.15, -0.1) is 0 Å². The third-order valence-electron chi connectivity index (χ3n) is 4.40. The number of furan rings is 1. The van der Waals surface area contributed by atoms with E-state index >= 15 is 0 Å². The predicted octanol–water partition coefficient (Wildman–Crippen LogP) is 2.89. The van der Waals surface area contributed by atoms with E-state index in [1.807, 2.05) is 0 Å². The van der Waals surface area contributed by atoms with E-state index in [4.69, 9.17) is 9.15 Å². The number of fused-ring (bicyclic) bond motifs is 1. The molecule has 1 aliphatic heterocycles. The monoisotopic (exact) mass is 430 g/mol. The Kier molecular flexibility index (Phi) is 6.88. The van der Waals surface area contributed by atoms with Crippen LogP contribution >= 0.6 is 11.8 Å². The lowest BCUT2D eigenvalue weighted by molar-refractivity contribution is -0.140. The Bertz CT molecular complexity index is 987. The second kappa shape index (κ2) is 9.57. The van der Waals surface area contributed by atoms with Crippen molar-refractivity contribution in [3.8, 4) is 0 Å². The molecule has 2 aromatic heterocycles. The van der Waals surface area contributed by atoms with Crippen LogP contribution in [0.4, 0.5) is 5.82 Å². The fourth-order valence-corrected chi connectivity index (χ4v) is 3.77. The number of esters is 1. The van der Waals surface area contributed by atoms with Crippen LogP contribution in [0.1, 0.15) is 42.2 Å². The Morgan fingerprint density at radius 1 is 1.37 bits per heavy atom. The first-order chi connectivity index (χ1) is 14.3. The summed E-state index contributed by atoms with van der Waals surface area (Å²) in [6.45, 7) is 5.29. The number of nitrogens with one attached hydrogen (secondary N) is 1. The van der Waals surface area contributed by atoms with E-state index in [1.54, 1.807) is 37.1 Å². The highest BCUT2D eigenvalue weighted by Crippen LogP contribution is 2.31. The molecule has 0 saturated heterocycles. The van der Waals surface area contributed by atoms with Gasteiger partial charge in [0.2, 0.25) is 5.91 Å². The number of allylic oxidation sites excluding steroid dienone is 1. The number of anilines is 1. The largest absolute Gasteiger partial charge is 0.466 e. The summed E-state index contributed by atoms with van der Waals surface area (Å²) in [6, 6.07) is 3.21. The third kappa shape index (κ3) is 5.26. The summed E-state index contributed by atoms with van der Waals surface area (Å²) in [7, 11) is 0. The molecule has 0 aromatic carbocycles. The van der Waals surface area contributed by atoms with Crippen molar-refractivity contribution in [1.29, 1.82) is 0 Å². The van der Waals surface area contributed by atoms with Gasteiger partial charge in [-0.05, 0) is 37.7 Å². The topological polar surface area (TPSA) is 115 Å². The number of rotatable bonds is 6. The smallest absolute Gasteiger partial charge is 0.302 e. The molecule has 0 saturated carbocycles. The number of carbonyl (C=O) groups excluding carboxylic acids is 3. The molecule has 10 heteroatoms. The van der Waals surface area contributed by atoms with Gasteiger partial charge in [0.15, 0.2) is 5.76 Å². The summed E-state index contributed by atoms with van der Waals surface area (Å²) < 4.78 is 10.2. The molecule has 0 radical (unpaired) electrons. The minimum absolute atomic E-state index is 0.0643. The zero-order chi connectivity index (χ0) is 21.7. The fraction of sp³-hybridized carbons (Fsp3) is 0.350. The van der Waals surface area contributed by atoms with Crippen LogP contribution in [0.2, 0.25) is 0 Å². The summed E-state index contributed by atoms with van der Waals surface area (Å²) in [5, 5.41) is 2.74. The summed E-state index contributed by atoms with van der Waals surface area (Å²) >= 11 is 0.959. The van der Waals surface area contributed by atoms with Crippen LogP contribution in [-0.4, -0.2) is 45.0 Å².